The molecule has 0 N–H and O–H groups in total. The molecule has 0 spiro atoms. The molecule has 0 heterocycles. The molecule has 0 unspecified atom stereocenters. The third-order valence-electron chi connectivity index (χ3n) is 13.2. The second-order valence-electron chi connectivity index (χ2n) is 16.3. The standard InChI is InChI=1S/C60H36/c1-6-21-43-37(14-1)18-11-28-51(43)57-45-23-8-4-17-41(45)36-55(49-25-10-9-24-47(49)48-27-13-26-46-42-20-5-2-15-38(42)30-33-50(46)48)59(57)54-35-32-40-19-12-29-52-53-34-31-39-16-3-7-22-44(39)58(53)60(54)56(40)52/h1-36H. The number of fused-ring (bicyclic) bond motifs is 10. The number of benzene rings is 12. The van der Waals surface area contributed by atoms with Crippen LogP contribution in [0.5, 0.6) is 0 Å². The SMILES string of the molecule is c1ccc(-c2cccc3c2ccc2ccccc23)c(-c2cc3ccccc3c(-c3cccc4ccccc34)c2-c2ccc3cccc4c3c2-c2c-4ccc3ccccc23)c1. The Labute approximate surface area is 348 Å². The summed E-state index contributed by atoms with van der Waals surface area (Å²) in [5.41, 5.74) is 15.2. The molecule has 276 valence electrons. The summed E-state index contributed by atoms with van der Waals surface area (Å²) in [5, 5.41) is 15.2. The molecule has 13 rings (SSSR count). The highest BCUT2D eigenvalue weighted by Gasteiger charge is 2.30. The van der Waals surface area contributed by atoms with E-state index < -0.39 is 0 Å². The summed E-state index contributed by atoms with van der Waals surface area (Å²) in [4.78, 5) is 0. The Morgan fingerprint density at radius 3 is 1.45 bits per heavy atom. The van der Waals surface area contributed by atoms with E-state index in [0.717, 1.165) is 0 Å². The molecule has 1 aliphatic rings. The summed E-state index contributed by atoms with van der Waals surface area (Å²) in [6, 6.07) is 81.6. The highest BCUT2D eigenvalue weighted by molar-refractivity contribution is 6.27. The highest BCUT2D eigenvalue weighted by Crippen LogP contribution is 2.57. The van der Waals surface area contributed by atoms with E-state index in [-0.39, 0.29) is 0 Å². The van der Waals surface area contributed by atoms with Gasteiger partial charge in [0.25, 0.3) is 0 Å². The van der Waals surface area contributed by atoms with Gasteiger partial charge in [-0.15, -0.1) is 0 Å². The third kappa shape index (κ3) is 4.73. The van der Waals surface area contributed by atoms with Crippen LogP contribution in [0.25, 0.3) is 131 Å². The van der Waals surface area contributed by atoms with E-state index in [1.54, 1.807) is 0 Å². The van der Waals surface area contributed by atoms with Crippen molar-refractivity contribution in [2.24, 2.45) is 0 Å². The number of hydrogen-bond donors (Lipinski definition) is 0. The Balaban J connectivity index is 1.22. The lowest BCUT2D eigenvalue weighted by atomic mass is 9.78. The zero-order valence-corrected chi connectivity index (χ0v) is 32.8. The number of hydrogen-bond acceptors (Lipinski definition) is 0. The first-order chi connectivity index (χ1) is 29.8. The van der Waals surface area contributed by atoms with E-state index in [4.69, 9.17) is 0 Å². The van der Waals surface area contributed by atoms with Crippen molar-refractivity contribution in [3.63, 3.8) is 0 Å². The van der Waals surface area contributed by atoms with Crippen molar-refractivity contribution in [2.45, 2.75) is 0 Å². The topological polar surface area (TPSA) is 0 Å². The average Bonchev–Trinajstić information content (AvgIpc) is 3.67. The van der Waals surface area contributed by atoms with Gasteiger partial charge in [-0.25, -0.2) is 0 Å². The average molecular weight is 757 g/mol. The van der Waals surface area contributed by atoms with Gasteiger partial charge in [0, 0.05) is 0 Å². The van der Waals surface area contributed by atoms with Crippen molar-refractivity contribution in [3.05, 3.63) is 218 Å². The van der Waals surface area contributed by atoms with Gasteiger partial charge in [0.05, 0.1) is 0 Å². The Morgan fingerprint density at radius 1 is 0.167 bits per heavy atom. The van der Waals surface area contributed by atoms with E-state index in [2.05, 4.69) is 218 Å². The Hall–Kier alpha value is -7.80. The second-order valence-corrected chi connectivity index (χ2v) is 16.3. The van der Waals surface area contributed by atoms with Gasteiger partial charge >= 0.3 is 0 Å². The van der Waals surface area contributed by atoms with E-state index >= 15 is 0 Å². The van der Waals surface area contributed by atoms with Crippen molar-refractivity contribution >= 4 is 64.6 Å². The summed E-state index contributed by atoms with van der Waals surface area (Å²) in [5.74, 6) is 0. The van der Waals surface area contributed by atoms with Crippen molar-refractivity contribution in [3.8, 4) is 66.8 Å². The predicted molar refractivity (Wildman–Crippen MR) is 258 cm³/mol. The Morgan fingerprint density at radius 2 is 0.650 bits per heavy atom. The van der Waals surface area contributed by atoms with Gasteiger partial charge in [-0.2, -0.15) is 0 Å². The first-order valence-electron chi connectivity index (χ1n) is 20.9. The molecule has 0 bridgehead atoms. The van der Waals surface area contributed by atoms with Gasteiger partial charge < -0.3 is 0 Å². The van der Waals surface area contributed by atoms with Gasteiger partial charge in [-0.05, 0) is 137 Å². The molecule has 0 heteroatoms. The molecule has 0 saturated carbocycles. The van der Waals surface area contributed by atoms with E-state index in [0.29, 0.717) is 0 Å². The van der Waals surface area contributed by atoms with Crippen molar-refractivity contribution in [2.75, 3.05) is 0 Å². The maximum Gasteiger partial charge on any atom is -0.000763 e. The fourth-order valence-electron chi connectivity index (χ4n) is 10.6. The first kappa shape index (κ1) is 33.2. The van der Waals surface area contributed by atoms with Crippen LogP contribution < -0.4 is 0 Å². The minimum absolute atomic E-state index is 1.22. The van der Waals surface area contributed by atoms with Crippen LogP contribution in [0.2, 0.25) is 0 Å². The Kier molecular flexibility index (Phi) is 7.11. The van der Waals surface area contributed by atoms with Crippen LogP contribution in [0.3, 0.4) is 0 Å². The lowest BCUT2D eigenvalue weighted by Gasteiger charge is -2.24. The van der Waals surface area contributed by atoms with Crippen LogP contribution in [-0.4, -0.2) is 0 Å². The van der Waals surface area contributed by atoms with Crippen LogP contribution in [0, 0.1) is 0 Å². The molecule has 60 heavy (non-hydrogen) atoms. The van der Waals surface area contributed by atoms with E-state index in [1.807, 2.05) is 0 Å². The summed E-state index contributed by atoms with van der Waals surface area (Å²) < 4.78 is 0. The first-order valence-corrected chi connectivity index (χ1v) is 20.9. The molecular formula is C60H36. The molecule has 12 aromatic rings. The molecule has 0 nitrogen and oxygen atoms in total. The molecular weight excluding hydrogens is 721 g/mol. The van der Waals surface area contributed by atoms with Crippen molar-refractivity contribution in [1.29, 1.82) is 0 Å². The van der Waals surface area contributed by atoms with Crippen molar-refractivity contribution < 1.29 is 0 Å². The van der Waals surface area contributed by atoms with Crippen LogP contribution >= 0.6 is 0 Å². The second kappa shape index (κ2) is 12.9. The smallest absolute Gasteiger partial charge is 0.000763 e. The molecule has 0 atom stereocenters. The maximum atomic E-state index is 2.47. The zero-order chi connectivity index (χ0) is 39.3. The van der Waals surface area contributed by atoms with Gasteiger partial charge in [0.15, 0.2) is 0 Å². The van der Waals surface area contributed by atoms with Gasteiger partial charge in [0.1, 0.15) is 0 Å². The van der Waals surface area contributed by atoms with E-state index in [1.165, 1.54) is 131 Å². The van der Waals surface area contributed by atoms with Crippen LogP contribution in [0.1, 0.15) is 0 Å². The molecule has 0 fully saturated rings. The summed E-state index contributed by atoms with van der Waals surface area (Å²) in [6.07, 6.45) is 0. The van der Waals surface area contributed by atoms with Gasteiger partial charge in [-0.1, -0.05) is 212 Å². The minimum atomic E-state index is 1.22. The third-order valence-corrected chi connectivity index (χ3v) is 13.2. The molecule has 0 aliphatic heterocycles. The maximum absolute atomic E-state index is 2.47. The number of rotatable bonds is 4. The monoisotopic (exact) mass is 756 g/mol. The van der Waals surface area contributed by atoms with E-state index in [9.17, 15) is 0 Å². The normalized spacial score (nSPS) is 12.0. The molecule has 0 radical (unpaired) electrons. The molecule has 0 amide bonds. The fraction of sp³-hybridized carbons (Fsp3) is 0. The predicted octanol–water partition coefficient (Wildman–Crippen LogP) is 16.9. The van der Waals surface area contributed by atoms with Crippen LogP contribution in [0.4, 0.5) is 0 Å². The molecule has 12 aromatic carbocycles. The summed E-state index contributed by atoms with van der Waals surface area (Å²) >= 11 is 0. The van der Waals surface area contributed by atoms with Gasteiger partial charge in [0.2, 0.25) is 0 Å². The Bertz CT molecular complexity index is 3770. The van der Waals surface area contributed by atoms with Crippen LogP contribution in [-0.2, 0) is 0 Å². The largest absolute Gasteiger partial charge is 0.0616 e. The lowest BCUT2D eigenvalue weighted by molar-refractivity contribution is 1.59. The molecule has 0 aromatic heterocycles. The summed E-state index contributed by atoms with van der Waals surface area (Å²) in [6.45, 7) is 0. The quantitative estimate of drug-likeness (QED) is 0.157. The highest BCUT2D eigenvalue weighted by atomic mass is 14.3. The van der Waals surface area contributed by atoms with Crippen molar-refractivity contribution in [1.82, 2.24) is 0 Å². The zero-order valence-electron chi connectivity index (χ0n) is 32.8. The van der Waals surface area contributed by atoms with Crippen LogP contribution in [0.15, 0.2) is 218 Å². The summed E-state index contributed by atoms with van der Waals surface area (Å²) in [7, 11) is 0. The fourth-order valence-corrected chi connectivity index (χ4v) is 10.6. The van der Waals surface area contributed by atoms with Gasteiger partial charge in [-0.3, -0.25) is 0 Å². The molecule has 0 saturated heterocycles. The lowest BCUT2D eigenvalue weighted by Crippen LogP contribution is -1.97. The minimum Gasteiger partial charge on any atom is -0.0616 e. The molecule has 1 aliphatic carbocycles.